The molecule has 1 N–H and O–H groups in total. The van der Waals surface area contributed by atoms with Gasteiger partial charge in [-0.1, -0.05) is 12.2 Å². The predicted molar refractivity (Wildman–Crippen MR) is 85.3 cm³/mol. The van der Waals surface area contributed by atoms with E-state index in [0.29, 0.717) is 25.9 Å². The molecule has 120 valence electrons. The van der Waals surface area contributed by atoms with Gasteiger partial charge in [0.1, 0.15) is 5.60 Å². The zero-order valence-corrected chi connectivity index (χ0v) is 13.5. The van der Waals surface area contributed by atoms with Gasteiger partial charge in [-0.3, -0.25) is 4.98 Å². The molecule has 22 heavy (non-hydrogen) atoms. The molecule has 2 heterocycles. The van der Waals surface area contributed by atoms with Crippen molar-refractivity contribution in [3.05, 3.63) is 36.2 Å². The monoisotopic (exact) mass is 304 g/mol. The summed E-state index contributed by atoms with van der Waals surface area (Å²) in [7, 11) is 0. The molecule has 1 aliphatic rings. The van der Waals surface area contributed by atoms with Crippen LogP contribution in [0.25, 0.3) is 6.08 Å². The Morgan fingerprint density at radius 3 is 2.45 bits per heavy atom. The Morgan fingerprint density at radius 1 is 1.32 bits per heavy atom. The van der Waals surface area contributed by atoms with Crippen LogP contribution in [0.5, 0.6) is 0 Å². The van der Waals surface area contributed by atoms with Gasteiger partial charge in [0.05, 0.1) is 5.60 Å². The summed E-state index contributed by atoms with van der Waals surface area (Å²) in [6, 6.07) is 3.77. The first-order valence-electron chi connectivity index (χ1n) is 7.57. The first-order chi connectivity index (χ1) is 10.3. The summed E-state index contributed by atoms with van der Waals surface area (Å²) in [5, 5.41) is 10.6. The van der Waals surface area contributed by atoms with Crippen LogP contribution in [0.1, 0.15) is 39.2 Å². The molecule has 0 unspecified atom stereocenters. The van der Waals surface area contributed by atoms with Crippen LogP contribution in [0, 0.1) is 0 Å². The van der Waals surface area contributed by atoms with E-state index in [1.165, 1.54) is 0 Å². The van der Waals surface area contributed by atoms with Crippen LogP contribution in [-0.4, -0.2) is 45.4 Å². The highest BCUT2D eigenvalue weighted by atomic mass is 16.6. The number of nitrogens with zero attached hydrogens (tertiary/aromatic N) is 2. The zero-order valence-electron chi connectivity index (χ0n) is 13.5. The molecule has 0 aromatic carbocycles. The van der Waals surface area contributed by atoms with Gasteiger partial charge < -0.3 is 14.7 Å². The van der Waals surface area contributed by atoms with Gasteiger partial charge >= 0.3 is 6.09 Å². The minimum atomic E-state index is -0.873. The molecule has 2 rings (SSSR count). The molecule has 0 aliphatic carbocycles. The first-order valence-corrected chi connectivity index (χ1v) is 7.57. The van der Waals surface area contributed by atoms with Crippen LogP contribution in [0.4, 0.5) is 4.79 Å². The lowest BCUT2D eigenvalue weighted by Gasteiger charge is -2.37. The number of hydrogen-bond donors (Lipinski definition) is 1. The second kappa shape index (κ2) is 6.48. The number of aromatic nitrogens is 1. The maximum atomic E-state index is 12.0. The number of carbonyl (C=O) groups excluding carboxylic acids is 1. The van der Waals surface area contributed by atoms with Gasteiger partial charge in [-0.05, 0) is 51.3 Å². The fraction of sp³-hybridized carbons (Fsp3) is 0.529. The van der Waals surface area contributed by atoms with Gasteiger partial charge in [-0.15, -0.1) is 0 Å². The first kappa shape index (κ1) is 16.5. The van der Waals surface area contributed by atoms with E-state index >= 15 is 0 Å². The standard InChI is InChI=1S/C17H24N2O3/c1-16(2,3)22-15(20)19-12-8-17(21,9-13-19)7-4-14-5-10-18-11-6-14/h4-7,10-11,21H,8-9,12-13H2,1-3H3/b7-4+. The summed E-state index contributed by atoms with van der Waals surface area (Å²) in [6.45, 7) is 6.53. The lowest BCUT2D eigenvalue weighted by atomic mass is 9.90. The van der Waals surface area contributed by atoms with Gasteiger partial charge in [0, 0.05) is 25.5 Å². The highest BCUT2D eigenvalue weighted by Crippen LogP contribution is 2.25. The third-order valence-electron chi connectivity index (χ3n) is 3.57. The summed E-state index contributed by atoms with van der Waals surface area (Å²) in [5.41, 5.74) is -0.369. The van der Waals surface area contributed by atoms with E-state index in [1.54, 1.807) is 17.3 Å². The fourth-order valence-corrected chi connectivity index (χ4v) is 2.30. The van der Waals surface area contributed by atoms with Crippen molar-refractivity contribution < 1.29 is 14.6 Å². The Labute approximate surface area is 131 Å². The van der Waals surface area contributed by atoms with Gasteiger partial charge in [0.2, 0.25) is 0 Å². The molecule has 5 nitrogen and oxygen atoms in total. The maximum Gasteiger partial charge on any atom is 0.410 e. The molecule has 0 bridgehead atoms. The van der Waals surface area contributed by atoms with Crippen LogP contribution in [0.2, 0.25) is 0 Å². The number of piperidine rings is 1. The largest absolute Gasteiger partial charge is 0.444 e. The van der Waals surface area contributed by atoms with E-state index in [-0.39, 0.29) is 6.09 Å². The molecule has 5 heteroatoms. The van der Waals surface area contributed by atoms with Gasteiger partial charge in [0.15, 0.2) is 0 Å². The van der Waals surface area contributed by atoms with Crippen LogP contribution in [0.15, 0.2) is 30.6 Å². The molecule has 1 saturated heterocycles. The number of aliphatic hydroxyl groups is 1. The van der Waals surface area contributed by atoms with Crippen molar-refractivity contribution in [2.45, 2.75) is 44.8 Å². The summed E-state index contributed by atoms with van der Waals surface area (Å²) < 4.78 is 5.36. The summed E-state index contributed by atoms with van der Waals surface area (Å²) in [6.07, 6.45) is 7.85. The Kier molecular flexibility index (Phi) is 4.86. The lowest BCUT2D eigenvalue weighted by Crippen LogP contribution is -2.47. The SMILES string of the molecule is CC(C)(C)OC(=O)N1CCC(O)(/C=C/c2ccncc2)CC1. The molecule has 1 amide bonds. The number of amides is 1. The average Bonchev–Trinajstić information content (AvgIpc) is 2.45. The minimum absolute atomic E-state index is 0.312. The van der Waals surface area contributed by atoms with Crippen molar-refractivity contribution in [2.75, 3.05) is 13.1 Å². The lowest BCUT2D eigenvalue weighted by molar-refractivity contribution is -0.00827. The van der Waals surface area contributed by atoms with E-state index in [4.69, 9.17) is 4.74 Å². The van der Waals surface area contributed by atoms with Crippen molar-refractivity contribution in [2.24, 2.45) is 0 Å². The predicted octanol–water partition coefficient (Wildman–Crippen LogP) is 2.86. The normalized spacial score (nSPS) is 18.5. The van der Waals surface area contributed by atoms with Gasteiger partial charge in [0.25, 0.3) is 0 Å². The van der Waals surface area contributed by atoms with Crippen molar-refractivity contribution in [1.82, 2.24) is 9.88 Å². The van der Waals surface area contributed by atoms with Crippen molar-refractivity contribution in [3.63, 3.8) is 0 Å². The summed E-state index contributed by atoms with van der Waals surface area (Å²) >= 11 is 0. The number of carbonyl (C=O) groups is 1. The van der Waals surface area contributed by atoms with Crippen LogP contribution < -0.4 is 0 Å². The number of ether oxygens (including phenoxy) is 1. The molecule has 1 aromatic heterocycles. The maximum absolute atomic E-state index is 12.0. The Balaban J connectivity index is 1.90. The fourth-order valence-electron chi connectivity index (χ4n) is 2.30. The molecular weight excluding hydrogens is 280 g/mol. The summed E-state index contributed by atoms with van der Waals surface area (Å²) in [4.78, 5) is 17.6. The van der Waals surface area contributed by atoms with Gasteiger partial charge in [-0.25, -0.2) is 4.79 Å². The number of rotatable bonds is 2. The van der Waals surface area contributed by atoms with Crippen LogP contribution in [-0.2, 0) is 4.74 Å². The molecule has 1 aliphatic heterocycles. The van der Waals surface area contributed by atoms with Crippen LogP contribution in [0.3, 0.4) is 0 Å². The molecule has 0 spiro atoms. The zero-order chi connectivity index (χ0) is 16.2. The minimum Gasteiger partial charge on any atom is -0.444 e. The second-order valence-corrected chi connectivity index (χ2v) is 6.68. The highest BCUT2D eigenvalue weighted by molar-refractivity contribution is 5.68. The third-order valence-corrected chi connectivity index (χ3v) is 3.57. The Bertz CT molecular complexity index is 527. The Hall–Kier alpha value is -1.88. The van der Waals surface area contributed by atoms with Crippen molar-refractivity contribution in [3.8, 4) is 0 Å². The molecule has 0 radical (unpaired) electrons. The quantitative estimate of drug-likeness (QED) is 0.912. The van der Waals surface area contributed by atoms with Crippen molar-refractivity contribution in [1.29, 1.82) is 0 Å². The van der Waals surface area contributed by atoms with E-state index in [9.17, 15) is 9.90 Å². The molecular formula is C17H24N2O3. The highest BCUT2D eigenvalue weighted by Gasteiger charge is 2.33. The van der Waals surface area contributed by atoms with Crippen molar-refractivity contribution >= 4 is 12.2 Å². The second-order valence-electron chi connectivity index (χ2n) is 6.68. The van der Waals surface area contributed by atoms with E-state index < -0.39 is 11.2 Å². The molecule has 1 fully saturated rings. The smallest absolute Gasteiger partial charge is 0.410 e. The van der Waals surface area contributed by atoms with E-state index in [2.05, 4.69) is 4.98 Å². The molecule has 1 aromatic rings. The van der Waals surface area contributed by atoms with E-state index in [0.717, 1.165) is 5.56 Å². The Morgan fingerprint density at radius 2 is 1.91 bits per heavy atom. The number of pyridine rings is 1. The van der Waals surface area contributed by atoms with Crippen LogP contribution >= 0.6 is 0 Å². The third kappa shape index (κ3) is 4.84. The van der Waals surface area contributed by atoms with Gasteiger partial charge in [-0.2, -0.15) is 0 Å². The molecule has 0 atom stereocenters. The average molecular weight is 304 g/mol. The van der Waals surface area contributed by atoms with E-state index in [1.807, 2.05) is 45.1 Å². The number of likely N-dealkylation sites (tertiary alicyclic amines) is 1. The number of hydrogen-bond acceptors (Lipinski definition) is 4. The summed E-state index contributed by atoms with van der Waals surface area (Å²) in [5.74, 6) is 0. The topological polar surface area (TPSA) is 62.7 Å². The molecule has 0 saturated carbocycles.